The Hall–Kier alpha value is -2.11. The Morgan fingerprint density at radius 2 is 2.12 bits per heavy atom. The van der Waals surface area contributed by atoms with E-state index in [0.717, 1.165) is 22.5 Å². The number of benzene rings is 1. The zero-order valence-electron chi connectivity index (χ0n) is 14.1. The predicted molar refractivity (Wildman–Crippen MR) is 96.0 cm³/mol. The lowest BCUT2D eigenvalue weighted by Crippen LogP contribution is -2.28. The van der Waals surface area contributed by atoms with Crippen LogP contribution in [0.5, 0.6) is 0 Å². The Labute approximate surface area is 146 Å². The average Bonchev–Trinajstić information content (AvgIpc) is 2.79. The van der Waals surface area contributed by atoms with Crippen LogP contribution >= 0.6 is 11.6 Å². The highest BCUT2D eigenvalue weighted by Crippen LogP contribution is 2.20. The number of carbonyl (C=O) groups is 1. The molecule has 1 aromatic heterocycles. The fourth-order valence-corrected chi connectivity index (χ4v) is 2.56. The van der Waals surface area contributed by atoms with Crippen molar-refractivity contribution in [2.75, 3.05) is 6.54 Å². The fraction of sp³-hybridized carbons (Fsp3) is 0.333. The number of aliphatic hydroxyl groups is 1. The Bertz CT molecular complexity index is 751. The minimum atomic E-state index is -0.566. The van der Waals surface area contributed by atoms with Gasteiger partial charge in [-0.2, -0.15) is 5.10 Å². The molecular formula is C18H22ClN3O2. The van der Waals surface area contributed by atoms with Gasteiger partial charge in [-0.25, -0.2) is 0 Å². The first-order valence-electron chi connectivity index (χ1n) is 7.80. The van der Waals surface area contributed by atoms with E-state index in [0.29, 0.717) is 11.6 Å². The van der Waals surface area contributed by atoms with Gasteiger partial charge >= 0.3 is 0 Å². The van der Waals surface area contributed by atoms with Crippen molar-refractivity contribution in [1.82, 2.24) is 15.1 Å². The number of halogens is 1. The third kappa shape index (κ3) is 4.69. The first kappa shape index (κ1) is 18.2. The molecule has 0 radical (unpaired) electrons. The second-order valence-electron chi connectivity index (χ2n) is 5.76. The number of carbonyl (C=O) groups excluding carboxylic acids is 1. The smallest absolute Gasteiger partial charge is 0.244 e. The third-order valence-electron chi connectivity index (χ3n) is 3.69. The number of aryl methyl sites for hydroxylation is 1. The molecule has 128 valence electrons. The van der Waals surface area contributed by atoms with E-state index in [9.17, 15) is 9.90 Å². The van der Waals surface area contributed by atoms with E-state index in [2.05, 4.69) is 10.4 Å². The molecule has 1 amide bonds. The molecule has 0 aliphatic rings. The van der Waals surface area contributed by atoms with Gasteiger partial charge in [-0.05, 0) is 38.5 Å². The molecule has 6 heteroatoms. The second-order valence-corrected chi connectivity index (χ2v) is 6.17. The average molecular weight is 348 g/mol. The number of aromatic nitrogens is 2. The maximum atomic E-state index is 11.7. The highest BCUT2D eigenvalue weighted by Gasteiger charge is 2.11. The van der Waals surface area contributed by atoms with Crippen molar-refractivity contribution in [3.05, 3.63) is 57.9 Å². The summed E-state index contributed by atoms with van der Waals surface area (Å²) in [7, 11) is 0. The van der Waals surface area contributed by atoms with Crippen LogP contribution in [-0.2, 0) is 11.3 Å². The topological polar surface area (TPSA) is 67.2 Å². The van der Waals surface area contributed by atoms with Crippen LogP contribution in [0.15, 0.2) is 30.3 Å². The summed E-state index contributed by atoms with van der Waals surface area (Å²) >= 11 is 6.21. The van der Waals surface area contributed by atoms with E-state index in [1.165, 1.54) is 6.08 Å². The van der Waals surface area contributed by atoms with Crippen LogP contribution in [0.25, 0.3) is 6.08 Å². The van der Waals surface area contributed by atoms with Gasteiger partial charge in [0.2, 0.25) is 5.91 Å². The summed E-state index contributed by atoms with van der Waals surface area (Å²) in [5.41, 5.74) is 3.72. The van der Waals surface area contributed by atoms with E-state index in [4.69, 9.17) is 11.6 Å². The Morgan fingerprint density at radius 3 is 2.79 bits per heavy atom. The normalized spacial score (nSPS) is 12.5. The lowest BCUT2D eigenvalue weighted by molar-refractivity contribution is -0.116. The van der Waals surface area contributed by atoms with Gasteiger partial charge in [-0.15, -0.1) is 0 Å². The number of hydrogen-bond acceptors (Lipinski definition) is 3. The number of rotatable bonds is 6. The molecule has 1 aromatic carbocycles. The van der Waals surface area contributed by atoms with Crippen LogP contribution in [0.2, 0.25) is 5.02 Å². The van der Waals surface area contributed by atoms with Gasteiger partial charge < -0.3 is 10.4 Å². The SMILES string of the molecule is Cc1nn(Cc2ccccc2Cl)c(C)c1/C=C/C(=O)NCC(C)O. The van der Waals surface area contributed by atoms with Gasteiger partial charge in [-0.3, -0.25) is 9.48 Å². The highest BCUT2D eigenvalue weighted by molar-refractivity contribution is 6.31. The van der Waals surface area contributed by atoms with Gasteiger partial charge in [0, 0.05) is 28.9 Å². The molecule has 5 nitrogen and oxygen atoms in total. The van der Waals surface area contributed by atoms with Crippen molar-refractivity contribution in [3.8, 4) is 0 Å². The van der Waals surface area contributed by atoms with Crippen LogP contribution in [0, 0.1) is 13.8 Å². The van der Waals surface area contributed by atoms with E-state index in [1.54, 1.807) is 13.0 Å². The lowest BCUT2D eigenvalue weighted by atomic mass is 10.1. The Kier molecular flexibility index (Phi) is 6.17. The molecule has 1 unspecified atom stereocenters. The quantitative estimate of drug-likeness (QED) is 0.789. The molecule has 0 saturated heterocycles. The van der Waals surface area contributed by atoms with E-state index >= 15 is 0 Å². The fourth-order valence-electron chi connectivity index (χ4n) is 2.36. The summed E-state index contributed by atoms with van der Waals surface area (Å²) in [6.45, 7) is 6.30. The summed E-state index contributed by atoms with van der Waals surface area (Å²) in [5.74, 6) is -0.242. The van der Waals surface area contributed by atoms with Crippen molar-refractivity contribution < 1.29 is 9.90 Å². The molecule has 0 bridgehead atoms. The zero-order chi connectivity index (χ0) is 17.7. The number of nitrogens with one attached hydrogen (secondary N) is 1. The minimum absolute atomic E-state index is 0.229. The molecular weight excluding hydrogens is 326 g/mol. The number of amides is 1. The van der Waals surface area contributed by atoms with Crippen molar-refractivity contribution in [2.45, 2.75) is 33.4 Å². The third-order valence-corrected chi connectivity index (χ3v) is 4.06. The number of hydrogen-bond donors (Lipinski definition) is 2. The zero-order valence-corrected chi connectivity index (χ0v) is 14.8. The molecule has 2 rings (SSSR count). The van der Waals surface area contributed by atoms with Crippen molar-refractivity contribution in [1.29, 1.82) is 0 Å². The van der Waals surface area contributed by atoms with E-state index in [1.807, 2.05) is 42.8 Å². The van der Waals surface area contributed by atoms with Crippen LogP contribution in [-0.4, -0.2) is 33.4 Å². The molecule has 0 fully saturated rings. The first-order valence-corrected chi connectivity index (χ1v) is 8.17. The van der Waals surface area contributed by atoms with Gasteiger partial charge in [0.15, 0.2) is 0 Å². The highest BCUT2D eigenvalue weighted by atomic mass is 35.5. The van der Waals surface area contributed by atoms with Gasteiger partial charge in [0.1, 0.15) is 0 Å². The summed E-state index contributed by atoms with van der Waals surface area (Å²) in [4.78, 5) is 11.7. The van der Waals surface area contributed by atoms with Crippen LogP contribution in [0.3, 0.4) is 0 Å². The number of nitrogens with zero attached hydrogens (tertiary/aromatic N) is 2. The monoisotopic (exact) mass is 347 g/mol. The standard InChI is InChI=1S/C18H22ClN3O2/c1-12(23)10-20-18(24)9-8-16-13(2)21-22(14(16)3)11-15-6-4-5-7-17(15)19/h4-9,12,23H,10-11H2,1-3H3,(H,20,24)/b9-8+. The van der Waals surface area contributed by atoms with E-state index in [-0.39, 0.29) is 12.5 Å². The second kappa shape index (κ2) is 8.13. The number of aliphatic hydroxyl groups excluding tert-OH is 1. The molecule has 0 aliphatic heterocycles. The summed E-state index contributed by atoms with van der Waals surface area (Å²) in [5, 5.41) is 17.0. The van der Waals surface area contributed by atoms with Crippen LogP contribution in [0.1, 0.15) is 29.4 Å². The summed E-state index contributed by atoms with van der Waals surface area (Å²) in [6, 6.07) is 7.67. The predicted octanol–water partition coefficient (Wildman–Crippen LogP) is 2.71. The van der Waals surface area contributed by atoms with Crippen molar-refractivity contribution in [2.24, 2.45) is 0 Å². The maximum Gasteiger partial charge on any atom is 0.244 e. The van der Waals surface area contributed by atoms with E-state index < -0.39 is 6.10 Å². The molecule has 0 spiro atoms. The largest absolute Gasteiger partial charge is 0.392 e. The first-order chi connectivity index (χ1) is 11.4. The van der Waals surface area contributed by atoms with Crippen molar-refractivity contribution >= 4 is 23.6 Å². The lowest BCUT2D eigenvalue weighted by Gasteiger charge is -2.06. The summed E-state index contributed by atoms with van der Waals surface area (Å²) in [6.07, 6.45) is 2.64. The van der Waals surface area contributed by atoms with Gasteiger partial charge in [0.25, 0.3) is 0 Å². The van der Waals surface area contributed by atoms with Gasteiger partial charge in [-0.1, -0.05) is 29.8 Å². The minimum Gasteiger partial charge on any atom is -0.392 e. The van der Waals surface area contributed by atoms with Crippen LogP contribution < -0.4 is 5.32 Å². The maximum absolute atomic E-state index is 11.7. The molecule has 0 aliphatic carbocycles. The molecule has 1 atom stereocenters. The molecule has 0 saturated carbocycles. The van der Waals surface area contributed by atoms with Gasteiger partial charge in [0.05, 0.1) is 18.3 Å². The summed E-state index contributed by atoms with van der Waals surface area (Å²) < 4.78 is 1.88. The Morgan fingerprint density at radius 1 is 1.42 bits per heavy atom. The van der Waals surface area contributed by atoms with Crippen LogP contribution in [0.4, 0.5) is 0 Å². The molecule has 2 N–H and O–H groups in total. The molecule has 2 aromatic rings. The molecule has 24 heavy (non-hydrogen) atoms. The molecule has 1 heterocycles. The van der Waals surface area contributed by atoms with Crippen molar-refractivity contribution in [3.63, 3.8) is 0 Å². The Balaban J connectivity index is 2.14.